The lowest BCUT2D eigenvalue weighted by Crippen LogP contribution is -2.51. The Hall–Kier alpha value is -0.810. The molecular weight excluding hydrogens is 302 g/mol. The molecular formula is C19H37N3O2. The zero-order chi connectivity index (χ0) is 17.5. The van der Waals surface area contributed by atoms with Crippen LogP contribution in [0.3, 0.4) is 0 Å². The summed E-state index contributed by atoms with van der Waals surface area (Å²) in [4.78, 5) is 14.7. The van der Waals surface area contributed by atoms with Gasteiger partial charge in [0, 0.05) is 19.1 Å². The summed E-state index contributed by atoms with van der Waals surface area (Å²) in [6.45, 7) is 10.5. The maximum atomic E-state index is 12.1. The van der Waals surface area contributed by atoms with E-state index in [1.54, 1.807) is 0 Å². The van der Waals surface area contributed by atoms with Crippen molar-refractivity contribution in [1.82, 2.24) is 15.5 Å². The van der Waals surface area contributed by atoms with Gasteiger partial charge < -0.3 is 15.7 Å². The number of carbonyl (C=O) groups excluding carboxylic acids is 1. The molecule has 1 heterocycles. The Morgan fingerprint density at radius 2 is 1.88 bits per heavy atom. The molecule has 2 amide bonds. The smallest absolute Gasteiger partial charge is 0.314 e. The highest BCUT2D eigenvalue weighted by molar-refractivity contribution is 5.73. The molecule has 2 fully saturated rings. The average Bonchev–Trinajstić information content (AvgIpc) is 2.54. The molecule has 3 atom stereocenters. The van der Waals surface area contributed by atoms with E-state index in [4.69, 9.17) is 0 Å². The quantitative estimate of drug-likeness (QED) is 0.697. The Morgan fingerprint density at radius 1 is 1.17 bits per heavy atom. The van der Waals surface area contributed by atoms with E-state index in [2.05, 4.69) is 36.3 Å². The molecule has 0 bridgehead atoms. The first-order valence-corrected chi connectivity index (χ1v) is 9.89. The zero-order valence-corrected chi connectivity index (χ0v) is 15.8. The van der Waals surface area contributed by atoms with E-state index >= 15 is 0 Å². The molecule has 2 rings (SSSR count). The summed E-state index contributed by atoms with van der Waals surface area (Å²) >= 11 is 0. The summed E-state index contributed by atoms with van der Waals surface area (Å²) in [6.07, 6.45) is 6.25. The Bertz CT molecular complexity index is 381. The summed E-state index contributed by atoms with van der Waals surface area (Å²) in [6, 6.07) is 0.353. The first-order chi connectivity index (χ1) is 11.5. The predicted molar refractivity (Wildman–Crippen MR) is 98.0 cm³/mol. The number of likely N-dealkylation sites (tertiary alicyclic amines) is 1. The molecule has 140 valence electrons. The van der Waals surface area contributed by atoms with Gasteiger partial charge in [0.25, 0.3) is 0 Å². The number of hydrogen-bond donors (Lipinski definition) is 3. The van der Waals surface area contributed by atoms with Gasteiger partial charge in [-0.1, -0.05) is 27.2 Å². The summed E-state index contributed by atoms with van der Waals surface area (Å²) in [5, 5.41) is 15.8. The number of nitrogens with zero attached hydrogens (tertiary/aromatic N) is 1. The molecule has 0 spiro atoms. The van der Waals surface area contributed by atoms with Crippen LogP contribution in [0.15, 0.2) is 0 Å². The Labute approximate surface area is 147 Å². The van der Waals surface area contributed by atoms with Gasteiger partial charge in [-0.2, -0.15) is 0 Å². The minimum Gasteiger partial charge on any atom is -0.393 e. The maximum Gasteiger partial charge on any atom is 0.314 e. The monoisotopic (exact) mass is 339 g/mol. The average molecular weight is 340 g/mol. The number of amides is 2. The number of hydrogen-bond acceptors (Lipinski definition) is 3. The fourth-order valence-corrected chi connectivity index (χ4v) is 4.09. The lowest BCUT2D eigenvalue weighted by molar-refractivity contribution is 0.100. The van der Waals surface area contributed by atoms with Crippen LogP contribution in [0, 0.1) is 17.8 Å². The first-order valence-electron chi connectivity index (χ1n) is 9.89. The molecule has 5 nitrogen and oxygen atoms in total. The molecule has 3 N–H and O–H groups in total. The van der Waals surface area contributed by atoms with Gasteiger partial charge in [-0.25, -0.2) is 4.79 Å². The van der Waals surface area contributed by atoms with Crippen molar-refractivity contribution in [1.29, 1.82) is 0 Å². The van der Waals surface area contributed by atoms with Crippen molar-refractivity contribution >= 4 is 6.03 Å². The van der Waals surface area contributed by atoms with Gasteiger partial charge in [0.15, 0.2) is 0 Å². The van der Waals surface area contributed by atoms with Gasteiger partial charge in [0.05, 0.1) is 6.10 Å². The van der Waals surface area contributed by atoms with E-state index in [1.165, 1.54) is 12.8 Å². The molecule has 1 aliphatic heterocycles. The number of aliphatic hydroxyl groups is 1. The van der Waals surface area contributed by atoms with Crippen LogP contribution in [0.4, 0.5) is 4.79 Å². The second-order valence-corrected chi connectivity index (χ2v) is 8.31. The molecule has 1 aliphatic carbocycles. The molecule has 1 saturated heterocycles. The second kappa shape index (κ2) is 9.62. The van der Waals surface area contributed by atoms with Crippen molar-refractivity contribution in [2.24, 2.45) is 17.8 Å². The van der Waals surface area contributed by atoms with Crippen molar-refractivity contribution in [3.8, 4) is 0 Å². The molecule has 3 unspecified atom stereocenters. The molecule has 2 aliphatic rings. The van der Waals surface area contributed by atoms with Crippen LogP contribution in [0.1, 0.15) is 59.3 Å². The SMILES string of the molecule is CC1CCN(C(CNC(=O)NCC2CCCC(O)C2)C(C)C)CC1. The molecule has 5 heteroatoms. The van der Waals surface area contributed by atoms with Gasteiger partial charge in [-0.05, 0) is 62.9 Å². The number of piperidine rings is 1. The molecule has 24 heavy (non-hydrogen) atoms. The first kappa shape index (κ1) is 19.5. The predicted octanol–water partition coefficient (Wildman–Crippen LogP) is 2.59. The highest BCUT2D eigenvalue weighted by Crippen LogP contribution is 2.23. The fourth-order valence-electron chi connectivity index (χ4n) is 4.09. The number of rotatable bonds is 6. The van der Waals surface area contributed by atoms with Crippen LogP contribution >= 0.6 is 0 Å². The molecule has 0 radical (unpaired) electrons. The van der Waals surface area contributed by atoms with E-state index in [0.29, 0.717) is 31.0 Å². The highest BCUT2D eigenvalue weighted by atomic mass is 16.3. The fraction of sp³-hybridized carbons (Fsp3) is 0.947. The minimum absolute atomic E-state index is 0.0638. The Kier molecular flexibility index (Phi) is 7.82. The largest absolute Gasteiger partial charge is 0.393 e. The van der Waals surface area contributed by atoms with E-state index in [-0.39, 0.29) is 12.1 Å². The van der Waals surface area contributed by atoms with Crippen molar-refractivity contribution in [3.63, 3.8) is 0 Å². The van der Waals surface area contributed by atoms with Gasteiger partial charge >= 0.3 is 6.03 Å². The van der Waals surface area contributed by atoms with Gasteiger partial charge in [-0.15, -0.1) is 0 Å². The van der Waals surface area contributed by atoms with Crippen LogP contribution in [0.5, 0.6) is 0 Å². The number of carbonyl (C=O) groups is 1. The van der Waals surface area contributed by atoms with Gasteiger partial charge in [0.2, 0.25) is 0 Å². The third-order valence-corrected chi connectivity index (χ3v) is 5.83. The van der Waals surface area contributed by atoms with Crippen LogP contribution < -0.4 is 10.6 Å². The van der Waals surface area contributed by atoms with Crippen LogP contribution in [-0.2, 0) is 0 Å². The van der Waals surface area contributed by atoms with Crippen LogP contribution in [0.25, 0.3) is 0 Å². The zero-order valence-electron chi connectivity index (χ0n) is 15.8. The summed E-state index contributed by atoms with van der Waals surface area (Å²) in [5.41, 5.74) is 0. The summed E-state index contributed by atoms with van der Waals surface area (Å²) < 4.78 is 0. The van der Waals surface area contributed by atoms with Crippen molar-refractivity contribution in [3.05, 3.63) is 0 Å². The van der Waals surface area contributed by atoms with E-state index in [9.17, 15) is 9.90 Å². The van der Waals surface area contributed by atoms with E-state index in [0.717, 1.165) is 44.7 Å². The standard InChI is InChI=1S/C19H37N3O2/c1-14(2)18(22-9-7-15(3)8-10-22)13-21-19(24)20-12-16-5-4-6-17(23)11-16/h14-18,23H,4-13H2,1-3H3,(H2,20,21,24). The topological polar surface area (TPSA) is 64.6 Å². The molecule has 1 saturated carbocycles. The van der Waals surface area contributed by atoms with Gasteiger partial charge in [-0.3, -0.25) is 4.90 Å². The van der Waals surface area contributed by atoms with Gasteiger partial charge in [0.1, 0.15) is 0 Å². The lowest BCUT2D eigenvalue weighted by Gasteiger charge is -2.39. The third-order valence-electron chi connectivity index (χ3n) is 5.83. The highest BCUT2D eigenvalue weighted by Gasteiger charge is 2.26. The van der Waals surface area contributed by atoms with E-state index < -0.39 is 0 Å². The Balaban J connectivity index is 1.70. The van der Waals surface area contributed by atoms with Crippen molar-refractivity contribution in [2.45, 2.75) is 71.4 Å². The lowest BCUT2D eigenvalue weighted by atomic mass is 9.87. The number of aliphatic hydroxyl groups excluding tert-OH is 1. The second-order valence-electron chi connectivity index (χ2n) is 8.31. The minimum atomic E-state index is -0.180. The Morgan fingerprint density at radius 3 is 2.50 bits per heavy atom. The summed E-state index contributed by atoms with van der Waals surface area (Å²) in [7, 11) is 0. The number of urea groups is 1. The van der Waals surface area contributed by atoms with Crippen molar-refractivity contribution in [2.75, 3.05) is 26.2 Å². The molecule has 0 aromatic carbocycles. The van der Waals surface area contributed by atoms with Crippen molar-refractivity contribution < 1.29 is 9.90 Å². The third kappa shape index (κ3) is 6.25. The van der Waals surface area contributed by atoms with Crippen LogP contribution in [-0.4, -0.2) is 54.4 Å². The maximum absolute atomic E-state index is 12.1. The molecule has 0 aromatic heterocycles. The van der Waals surface area contributed by atoms with Crippen LogP contribution in [0.2, 0.25) is 0 Å². The normalized spacial score (nSPS) is 27.9. The number of nitrogens with one attached hydrogen (secondary N) is 2. The molecule has 0 aromatic rings. The summed E-state index contributed by atoms with van der Waals surface area (Å²) in [5.74, 6) is 1.78. The van der Waals surface area contributed by atoms with E-state index in [1.807, 2.05) is 0 Å².